The average molecular weight is 349 g/mol. The van der Waals surface area contributed by atoms with Gasteiger partial charge in [0.15, 0.2) is 0 Å². The van der Waals surface area contributed by atoms with Crippen molar-refractivity contribution in [2.75, 3.05) is 19.4 Å². The zero-order chi connectivity index (χ0) is 18.7. The smallest absolute Gasteiger partial charge is 0.222 e. The van der Waals surface area contributed by atoms with Crippen LogP contribution in [0.25, 0.3) is 22.6 Å². The molecule has 0 radical (unpaired) electrons. The molecule has 6 heteroatoms. The maximum atomic E-state index is 6.30. The zero-order valence-corrected chi connectivity index (χ0v) is 15.3. The number of hydrogen-bond acceptors (Lipinski definition) is 5. The van der Waals surface area contributed by atoms with Gasteiger partial charge in [-0.25, -0.2) is 9.67 Å². The lowest BCUT2D eigenvalue weighted by Gasteiger charge is -2.12. The van der Waals surface area contributed by atoms with Crippen molar-refractivity contribution in [3.8, 4) is 22.8 Å². The first-order valence-electron chi connectivity index (χ1n) is 8.44. The first kappa shape index (κ1) is 17.5. The standard InChI is InChI=1S/C20H23N5O/c1-5-22-14(3)17-11-15(12-23-20(17)26-4)18-13(2)19(21)25(24-18)16-9-7-6-8-10-16/h6-12,22H,3,5,21H2,1-2,4H3. The highest BCUT2D eigenvalue weighted by atomic mass is 16.5. The van der Waals surface area contributed by atoms with Crippen LogP contribution < -0.4 is 15.8 Å². The fraction of sp³-hybridized carbons (Fsp3) is 0.200. The van der Waals surface area contributed by atoms with Gasteiger partial charge in [-0.1, -0.05) is 24.8 Å². The van der Waals surface area contributed by atoms with Crippen molar-refractivity contribution < 1.29 is 4.74 Å². The number of rotatable bonds is 6. The number of methoxy groups -OCH3 is 1. The minimum Gasteiger partial charge on any atom is -0.481 e. The molecule has 0 spiro atoms. The number of benzene rings is 1. The fourth-order valence-corrected chi connectivity index (χ4v) is 2.82. The second-order valence-corrected chi connectivity index (χ2v) is 5.90. The molecule has 0 aliphatic carbocycles. The van der Waals surface area contributed by atoms with Gasteiger partial charge in [-0.05, 0) is 32.0 Å². The van der Waals surface area contributed by atoms with Crippen molar-refractivity contribution in [2.24, 2.45) is 0 Å². The van der Waals surface area contributed by atoms with E-state index < -0.39 is 0 Å². The number of nitrogens with one attached hydrogen (secondary N) is 1. The molecular weight excluding hydrogens is 326 g/mol. The lowest BCUT2D eigenvalue weighted by molar-refractivity contribution is 0.396. The third kappa shape index (κ3) is 3.13. The molecule has 0 aliphatic heterocycles. The molecule has 134 valence electrons. The number of nitrogens with zero attached hydrogens (tertiary/aromatic N) is 3. The third-order valence-electron chi connectivity index (χ3n) is 4.20. The number of pyridine rings is 1. The Kier molecular flexibility index (Phi) is 4.93. The normalized spacial score (nSPS) is 10.6. The number of aromatic nitrogens is 3. The first-order chi connectivity index (χ1) is 12.6. The van der Waals surface area contributed by atoms with E-state index in [0.29, 0.717) is 11.7 Å². The molecule has 26 heavy (non-hydrogen) atoms. The molecule has 3 rings (SSSR count). The minimum absolute atomic E-state index is 0.521. The van der Waals surface area contributed by atoms with Gasteiger partial charge >= 0.3 is 0 Å². The van der Waals surface area contributed by atoms with Gasteiger partial charge in [0.2, 0.25) is 5.88 Å². The van der Waals surface area contributed by atoms with Gasteiger partial charge in [-0.3, -0.25) is 0 Å². The van der Waals surface area contributed by atoms with E-state index in [1.807, 2.05) is 50.2 Å². The number of ether oxygens (including phenoxy) is 1. The molecule has 0 saturated carbocycles. The van der Waals surface area contributed by atoms with Gasteiger partial charge in [0.05, 0.1) is 24.1 Å². The Balaban J connectivity index is 2.10. The van der Waals surface area contributed by atoms with Crippen molar-refractivity contribution in [3.05, 3.63) is 60.3 Å². The Labute approximate surface area is 153 Å². The number of hydrogen-bond donors (Lipinski definition) is 2. The number of nitrogen functional groups attached to an aromatic ring is 1. The van der Waals surface area contributed by atoms with E-state index in [9.17, 15) is 0 Å². The molecule has 1 aromatic carbocycles. The monoisotopic (exact) mass is 349 g/mol. The van der Waals surface area contributed by atoms with Gasteiger partial charge in [0.1, 0.15) is 5.82 Å². The van der Waals surface area contributed by atoms with E-state index in [-0.39, 0.29) is 0 Å². The number of para-hydroxylation sites is 1. The van der Waals surface area contributed by atoms with Crippen molar-refractivity contribution in [2.45, 2.75) is 13.8 Å². The van der Waals surface area contributed by atoms with Crippen molar-refractivity contribution >= 4 is 11.5 Å². The Morgan fingerprint density at radius 1 is 1.31 bits per heavy atom. The fourth-order valence-electron chi connectivity index (χ4n) is 2.82. The molecule has 2 aromatic heterocycles. The number of anilines is 1. The second kappa shape index (κ2) is 7.31. The zero-order valence-electron chi connectivity index (χ0n) is 15.3. The van der Waals surface area contributed by atoms with Gasteiger partial charge < -0.3 is 15.8 Å². The summed E-state index contributed by atoms with van der Waals surface area (Å²) >= 11 is 0. The van der Waals surface area contributed by atoms with Crippen LogP contribution in [-0.2, 0) is 0 Å². The molecule has 0 aliphatic rings. The summed E-state index contributed by atoms with van der Waals surface area (Å²) in [7, 11) is 1.60. The van der Waals surface area contributed by atoms with Crippen LogP contribution in [0, 0.1) is 6.92 Å². The highest BCUT2D eigenvalue weighted by molar-refractivity contribution is 5.75. The van der Waals surface area contributed by atoms with Crippen LogP contribution in [0.15, 0.2) is 49.2 Å². The largest absolute Gasteiger partial charge is 0.481 e. The summed E-state index contributed by atoms with van der Waals surface area (Å²) in [5.41, 5.74) is 11.3. The first-order valence-corrected chi connectivity index (χ1v) is 8.44. The van der Waals surface area contributed by atoms with E-state index in [1.165, 1.54) is 0 Å². The summed E-state index contributed by atoms with van der Waals surface area (Å²) in [5.74, 6) is 1.13. The average Bonchev–Trinajstić information content (AvgIpc) is 2.97. The van der Waals surface area contributed by atoms with Crippen LogP contribution in [0.3, 0.4) is 0 Å². The second-order valence-electron chi connectivity index (χ2n) is 5.90. The predicted molar refractivity (Wildman–Crippen MR) is 105 cm³/mol. The summed E-state index contributed by atoms with van der Waals surface area (Å²) < 4.78 is 7.11. The highest BCUT2D eigenvalue weighted by Crippen LogP contribution is 2.31. The van der Waals surface area contributed by atoms with Crippen LogP contribution >= 0.6 is 0 Å². The van der Waals surface area contributed by atoms with E-state index >= 15 is 0 Å². The molecule has 3 N–H and O–H groups in total. The van der Waals surface area contributed by atoms with Crippen LogP contribution in [0.1, 0.15) is 18.1 Å². The Morgan fingerprint density at radius 3 is 2.69 bits per heavy atom. The van der Waals surface area contributed by atoms with Crippen LogP contribution in [0.2, 0.25) is 0 Å². The summed E-state index contributed by atoms with van der Waals surface area (Å²) in [6.45, 7) is 8.81. The van der Waals surface area contributed by atoms with Crippen LogP contribution in [0.5, 0.6) is 5.88 Å². The molecule has 0 atom stereocenters. The molecule has 0 fully saturated rings. The van der Waals surface area contributed by atoms with E-state index in [1.54, 1.807) is 18.0 Å². The quantitative estimate of drug-likeness (QED) is 0.713. The summed E-state index contributed by atoms with van der Waals surface area (Å²) in [6, 6.07) is 11.8. The molecular formula is C20H23N5O. The molecule has 0 unspecified atom stereocenters. The highest BCUT2D eigenvalue weighted by Gasteiger charge is 2.17. The number of nitrogens with two attached hydrogens (primary N) is 1. The summed E-state index contributed by atoms with van der Waals surface area (Å²) in [6.07, 6.45) is 1.74. The third-order valence-corrected chi connectivity index (χ3v) is 4.20. The van der Waals surface area contributed by atoms with Gasteiger partial charge in [0.25, 0.3) is 0 Å². The van der Waals surface area contributed by atoms with E-state index in [0.717, 1.165) is 40.3 Å². The molecule has 0 saturated heterocycles. The molecule has 0 amide bonds. The van der Waals surface area contributed by atoms with E-state index in [2.05, 4.69) is 16.9 Å². The Hall–Kier alpha value is -3.28. The molecule has 0 bridgehead atoms. The lowest BCUT2D eigenvalue weighted by Crippen LogP contribution is -2.11. The molecule has 6 nitrogen and oxygen atoms in total. The topological polar surface area (TPSA) is 78.0 Å². The summed E-state index contributed by atoms with van der Waals surface area (Å²) in [5, 5.41) is 7.92. The van der Waals surface area contributed by atoms with Gasteiger partial charge in [-0.2, -0.15) is 5.10 Å². The maximum Gasteiger partial charge on any atom is 0.222 e. The molecule has 2 heterocycles. The van der Waals surface area contributed by atoms with Crippen molar-refractivity contribution in [3.63, 3.8) is 0 Å². The Bertz CT molecular complexity index is 931. The molecule has 3 aromatic rings. The van der Waals surface area contributed by atoms with Crippen LogP contribution in [0.4, 0.5) is 5.82 Å². The van der Waals surface area contributed by atoms with Crippen molar-refractivity contribution in [1.82, 2.24) is 20.1 Å². The predicted octanol–water partition coefficient (Wildman–Crippen LogP) is 3.41. The van der Waals surface area contributed by atoms with Crippen molar-refractivity contribution in [1.29, 1.82) is 0 Å². The maximum absolute atomic E-state index is 6.30. The van der Waals surface area contributed by atoms with Gasteiger partial charge in [-0.15, -0.1) is 0 Å². The SMILES string of the molecule is C=C(NCC)c1cc(-c2nn(-c3ccccc3)c(N)c2C)cnc1OC. The Morgan fingerprint density at radius 2 is 2.04 bits per heavy atom. The van der Waals surface area contributed by atoms with Crippen LogP contribution in [-0.4, -0.2) is 28.4 Å². The van der Waals surface area contributed by atoms with E-state index in [4.69, 9.17) is 15.6 Å². The minimum atomic E-state index is 0.521. The summed E-state index contributed by atoms with van der Waals surface area (Å²) in [4.78, 5) is 4.42. The van der Waals surface area contributed by atoms with Gasteiger partial charge in [0, 0.05) is 29.6 Å². The lowest BCUT2D eigenvalue weighted by atomic mass is 10.1.